The monoisotopic (exact) mass is 331 g/mol. The average molecular weight is 331 g/mol. The SMILES string of the molecule is CN(Cc1ccccc1)c1ccnc(C(=O)N(C)c2ccccc2)c1. The van der Waals surface area contributed by atoms with Crippen molar-refractivity contribution in [1.29, 1.82) is 0 Å². The van der Waals surface area contributed by atoms with Gasteiger partial charge in [-0.3, -0.25) is 9.78 Å². The van der Waals surface area contributed by atoms with Crippen molar-refractivity contribution in [3.63, 3.8) is 0 Å². The van der Waals surface area contributed by atoms with Crippen LogP contribution in [0.15, 0.2) is 79.0 Å². The van der Waals surface area contributed by atoms with Crippen molar-refractivity contribution in [3.8, 4) is 0 Å². The van der Waals surface area contributed by atoms with E-state index in [0.717, 1.165) is 17.9 Å². The molecule has 0 spiro atoms. The topological polar surface area (TPSA) is 36.4 Å². The van der Waals surface area contributed by atoms with Gasteiger partial charge < -0.3 is 9.80 Å². The zero-order valence-electron chi connectivity index (χ0n) is 14.5. The predicted molar refractivity (Wildman–Crippen MR) is 102 cm³/mol. The van der Waals surface area contributed by atoms with Crippen molar-refractivity contribution < 1.29 is 4.79 Å². The van der Waals surface area contributed by atoms with Crippen LogP contribution in [-0.2, 0) is 6.54 Å². The molecule has 4 heteroatoms. The van der Waals surface area contributed by atoms with Crippen LogP contribution in [-0.4, -0.2) is 25.0 Å². The van der Waals surface area contributed by atoms with E-state index in [1.165, 1.54) is 5.56 Å². The number of amides is 1. The first-order chi connectivity index (χ1) is 12.1. The number of anilines is 2. The van der Waals surface area contributed by atoms with Crippen molar-refractivity contribution in [2.45, 2.75) is 6.54 Å². The third-order valence-corrected chi connectivity index (χ3v) is 4.11. The van der Waals surface area contributed by atoms with Crippen molar-refractivity contribution in [1.82, 2.24) is 4.98 Å². The van der Waals surface area contributed by atoms with Gasteiger partial charge in [-0.05, 0) is 29.8 Å². The number of para-hydroxylation sites is 1. The van der Waals surface area contributed by atoms with Crippen molar-refractivity contribution in [2.24, 2.45) is 0 Å². The second-order valence-corrected chi connectivity index (χ2v) is 5.94. The van der Waals surface area contributed by atoms with E-state index in [4.69, 9.17) is 0 Å². The quantitative estimate of drug-likeness (QED) is 0.709. The van der Waals surface area contributed by atoms with Gasteiger partial charge in [0.25, 0.3) is 5.91 Å². The van der Waals surface area contributed by atoms with Crippen LogP contribution in [0.3, 0.4) is 0 Å². The summed E-state index contributed by atoms with van der Waals surface area (Å²) in [7, 11) is 3.78. The molecule has 0 radical (unpaired) electrons. The van der Waals surface area contributed by atoms with Crippen LogP contribution in [0.2, 0.25) is 0 Å². The van der Waals surface area contributed by atoms with Gasteiger partial charge in [0.2, 0.25) is 0 Å². The van der Waals surface area contributed by atoms with Crippen LogP contribution in [0.5, 0.6) is 0 Å². The summed E-state index contributed by atoms with van der Waals surface area (Å²) in [6, 6.07) is 23.6. The van der Waals surface area contributed by atoms with Crippen LogP contribution >= 0.6 is 0 Å². The molecule has 0 bridgehead atoms. The molecule has 126 valence electrons. The third-order valence-electron chi connectivity index (χ3n) is 4.11. The lowest BCUT2D eigenvalue weighted by atomic mass is 10.2. The van der Waals surface area contributed by atoms with Gasteiger partial charge in [0.1, 0.15) is 5.69 Å². The van der Waals surface area contributed by atoms with E-state index in [0.29, 0.717) is 5.69 Å². The summed E-state index contributed by atoms with van der Waals surface area (Å²) in [6.07, 6.45) is 1.68. The van der Waals surface area contributed by atoms with Gasteiger partial charge in [-0.2, -0.15) is 0 Å². The highest BCUT2D eigenvalue weighted by Gasteiger charge is 2.16. The van der Waals surface area contributed by atoms with Crippen LogP contribution in [0.25, 0.3) is 0 Å². The van der Waals surface area contributed by atoms with Gasteiger partial charge >= 0.3 is 0 Å². The molecule has 4 nitrogen and oxygen atoms in total. The molecule has 0 saturated heterocycles. The second-order valence-electron chi connectivity index (χ2n) is 5.94. The largest absolute Gasteiger partial charge is 0.370 e. The molecule has 3 rings (SSSR count). The number of aromatic nitrogens is 1. The molecular formula is C21H21N3O. The van der Waals surface area contributed by atoms with Crippen molar-refractivity contribution in [2.75, 3.05) is 23.9 Å². The number of hydrogen-bond donors (Lipinski definition) is 0. The predicted octanol–water partition coefficient (Wildman–Crippen LogP) is 3.99. The standard InChI is InChI=1S/C21H21N3O/c1-23(16-17-9-5-3-6-10-17)19-13-14-22-20(15-19)21(25)24(2)18-11-7-4-8-12-18/h3-15H,16H2,1-2H3. The number of carbonyl (C=O) groups excluding carboxylic acids is 1. The second kappa shape index (κ2) is 7.62. The molecule has 1 aromatic heterocycles. The Morgan fingerprint density at radius 2 is 1.52 bits per heavy atom. The fourth-order valence-corrected chi connectivity index (χ4v) is 2.66. The maximum Gasteiger partial charge on any atom is 0.276 e. The van der Waals surface area contributed by atoms with E-state index in [1.807, 2.05) is 67.7 Å². The fraction of sp³-hybridized carbons (Fsp3) is 0.143. The molecule has 0 unspecified atom stereocenters. The summed E-state index contributed by atoms with van der Waals surface area (Å²) in [5.41, 5.74) is 3.46. The number of nitrogens with zero attached hydrogens (tertiary/aromatic N) is 3. The first-order valence-electron chi connectivity index (χ1n) is 8.19. The van der Waals surface area contributed by atoms with E-state index in [-0.39, 0.29) is 5.91 Å². The molecule has 0 atom stereocenters. The molecule has 0 N–H and O–H groups in total. The Kier molecular flexibility index (Phi) is 5.09. The summed E-state index contributed by atoms with van der Waals surface area (Å²) >= 11 is 0. The highest BCUT2D eigenvalue weighted by Crippen LogP contribution is 2.19. The highest BCUT2D eigenvalue weighted by molar-refractivity contribution is 6.04. The van der Waals surface area contributed by atoms with Crippen LogP contribution < -0.4 is 9.80 Å². The molecule has 0 aliphatic rings. The number of benzene rings is 2. The van der Waals surface area contributed by atoms with Crippen LogP contribution in [0.4, 0.5) is 11.4 Å². The molecule has 2 aromatic carbocycles. The minimum Gasteiger partial charge on any atom is -0.370 e. The Morgan fingerprint density at radius 3 is 2.20 bits per heavy atom. The number of hydrogen-bond acceptors (Lipinski definition) is 3. The Balaban J connectivity index is 1.78. The van der Waals surface area contributed by atoms with E-state index in [2.05, 4.69) is 22.0 Å². The molecule has 1 heterocycles. The van der Waals surface area contributed by atoms with Gasteiger partial charge in [-0.1, -0.05) is 48.5 Å². The Hall–Kier alpha value is -3.14. The van der Waals surface area contributed by atoms with E-state index in [1.54, 1.807) is 18.1 Å². The first-order valence-corrected chi connectivity index (χ1v) is 8.19. The molecule has 0 saturated carbocycles. The summed E-state index contributed by atoms with van der Waals surface area (Å²) in [5.74, 6) is -0.124. The minimum absolute atomic E-state index is 0.124. The molecule has 0 aliphatic carbocycles. The average Bonchev–Trinajstić information content (AvgIpc) is 2.68. The summed E-state index contributed by atoms with van der Waals surface area (Å²) in [5, 5.41) is 0. The van der Waals surface area contributed by atoms with Gasteiger partial charge in [0.05, 0.1) is 0 Å². The minimum atomic E-state index is -0.124. The van der Waals surface area contributed by atoms with E-state index >= 15 is 0 Å². The highest BCUT2D eigenvalue weighted by atomic mass is 16.2. The van der Waals surface area contributed by atoms with Crippen LogP contribution in [0.1, 0.15) is 16.1 Å². The third kappa shape index (κ3) is 4.04. The lowest BCUT2D eigenvalue weighted by molar-refractivity contribution is 0.0988. The lowest BCUT2D eigenvalue weighted by Gasteiger charge is -2.21. The zero-order valence-corrected chi connectivity index (χ0v) is 14.5. The molecule has 3 aromatic rings. The maximum atomic E-state index is 12.7. The van der Waals surface area contributed by atoms with Crippen LogP contribution in [0, 0.1) is 0 Å². The number of rotatable bonds is 5. The molecule has 25 heavy (non-hydrogen) atoms. The van der Waals surface area contributed by atoms with Crippen molar-refractivity contribution in [3.05, 3.63) is 90.3 Å². The number of pyridine rings is 1. The molecule has 0 fully saturated rings. The van der Waals surface area contributed by atoms with Gasteiger partial charge in [-0.25, -0.2) is 0 Å². The summed E-state index contributed by atoms with van der Waals surface area (Å²) < 4.78 is 0. The van der Waals surface area contributed by atoms with Gasteiger partial charge in [0.15, 0.2) is 0 Å². The summed E-state index contributed by atoms with van der Waals surface area (Å²) in [6.45, 7) is 0.771. The number of carbonyl (C=O) groups is 1. The first kappa shape index (κ1) is 16.7. The Labute approximate surface area is 148 Å². The van der Waals surface area contributed by atoms with Crippen molar-refractivity contribution >= 4 is 17.3 Å². The van der Waals surface area contributed by atoms with E-state index in [9.17, 15) is 4.79 Å². The smallest absolute Gasteiger partial charge is 0.276 e. The van der Waals surface area contributed by atoms with Gasteiger partial charge in [0, 0.05) is 38.2 Å². The van der Waals surface area contributed by atoms with E-state index < -0.39 is 0 Å². The Morgan fingerprint density at radius 1 is 0.880 bits per heavy atom. The van der Waals surface area contributed by atoms with Gasteiger partial charge in [-0.15, -0.1) is 0 Å². The molecule has 1 amide bonds. The molecule has 0 aliphatic heterocycles. The zero-order chi connectivity index (χ0) is 17.6. The Bertz CT molecular complexity index is 834. The fourth-order valence-electron chi connectivity index (χ4n) is 2.66. The maximum absolute atomic E-state index is 12.7. The normalized spacial score (nSPS) is 10.3. The molecular weight excluding hydrogens is 310 g/mol. The lowest BCUT2D eigenvalue weighted by Crippen LogP contribution is -2.27. The summed E-state index contributed by atoms with van der Waals surface area (Å²) in [4.78, 5) is 20.7.